The average molecular weight is 187 g/mol. The quantitative estimate of drug-likeness (QED) is 0.647. The van der Waals surface area contributed by atoms with Crippen LogP contribution in [-0.4, -0.2) is 5.78 Å². The van der Waals surface area contributed by atoms with Gasteiger partial charge in [-0.1, -0.05) is 31.0 Å². The van der Waals surface area contributed by atoms with E-state index < -0.39 is 0 Å². The molecular formula is C10H15ClO. The number of carbonyl (C=O) groups excluding carboxylic acids is 1. The normalized spacial score (nSPS) is 31.3. The lowest BCUT2D eigenvalue weighted by Crippen LogP contribution is -2.30. The summed E-state index contributed by atoms with van der Waals surface area (Å²) in [6.07, 6.45) is 6.71. The molecule has 12 heavy (non-hydrogen) atoms. The maximum absolute atomic E-state index is 11.5. The Morgan fingerprint density at radius 3 is 2.92 bits per heavy atom. The summed E-state index contributed by atoms with van der Waals surface area (Å²) in [6, 6.07) is 0. The molecule has 68 valence electrons. The molecule has 0 aliphatic heterocycles. The van der Waals surface area contributed by atoms with Crippen LogP contribution in [0, 0.1) is 5.41 Å². The molecule has 0 spiro atoms. The SMILES string of the molecule is CC1(C/C=C/Cl)CCCCC1=O. The van der Waals surface area contributed by atoms with Crippen molar-refractivity contribution in [1.29, 1.82) is 0 Å². The van der Waals surface area contributed by atoms with Crippen molar-refractivity contribution >= 4 is 17.4 Å². The summed E-state index contributed by atoms with van der Waals surface area (Å²) in [5.74, 6) is 0.406. The zero-order valence-electron chi connectivity index (χ0n) is 7.48. The zero-order chi connectivity index (χ0) is 9.03. The molecule has 2 heteroatoms. The highest BCUT2D eigenvalue weighted by atomic mass is 35.5. The van der Waals surface area contributed by atoms with E-state index in [9.17, 15) is 4.79 Å². The predicted octanol–water partition coefficient (Wildman–Crippen LogP) is 3.28. The maximum Gasteiger partial charge on any atom is 0.139 e. The van der Waals surface area contributed by atoms with Crippen molar-refractivity contribution < 1.29 is 4.79 Å². The summed E-state index contributed by atoms with van der Waals surface area (Å²) in [5, 5.41) is 0. The zero-order valence-corrected chi connectivity index (χ0v) is 8.23. The maximum atomic E-state index is 11.5. The summed E-state index contributed by atoms with van der Waals surface area (Å²) in [5.41, 5.74) is 1.39. The van der Waals surface area contributed by atoms with Crippen LogP contribution in [0.3, 0.4) is 0 Å². The minimum absolute atomic E-state index is 0.121. The van der Waals surface area contributed by atoms with E-state index in [1.165, 1.54) is 12.0 Å². The van der Waals surface area contributed by atoms with E-state index in [0.717, 1.165) is 25.7 Å². The average Bonchev–Trinajstić information content (AvgIpc) is 2.07. The Hall–Kier alpha value is -0.300. The van der Waals surface area contributed by atoms with Gasteiger partial charge in [0, 0.05) is 17.4 Å². The Kier molecular flexibility index (Phi) is 3.33. The molecule has 0 bridgehead atoms. The van der Waals surface area contributed by atoms with Gasteiger partial charge in [-0.3, -0.25) is 4.79 Å². The van der Waals surface area contributed by atoms with Gasteiger partial charge < -0.3 is 0 Å². The standard InChI is InChI=1S/C10H15ClO/c1-10(7-4-8-11)6-3-2-5-9(10)12/h4,8H,2-3,5-7H2,1H3/b8-4+. The largest absolute Gasteiger partial charge is 0.299 e. The van der Waals surface area contributed by atoms with Crippen molar-refractivity contribution in [1.82, 2.24) is 0 Å². The van der Waals surface area contributed by atoms with Gasteiger partial charge in [0.2, 0.25) is 0 Å². The highest BCUT2D eigenvalue weighted by Gasteiger charge is 2.33. The smallest absolute Gasteiger partial charge is 0.139 e. The first-order valence-corrected chi connectivity index (χ1v) is 4.91. The Labute approximate surface area is 78.8 Å². The molecule has 1 rings (SSSR count). The van der Waals surface area contributed by atoms with E-state index in [0.29, 0.717) is 5.78 Å². The van der Waals surface area contributed by atoms with E-state index in [-0.39, 0.29) is 5.41 Å². The van der Waals surface area contributed by atoms with Crippen LogP contribution in [0.1, 0.15) is 39.0 Å². The summed E-state index contributed by atoms with van der Waals surface area (Å²) < 4.78 is 0. The number of allylic oxidation sites excluding steroid dienone is 1. The molecule has 0 heterocycles. The summed E-state index contributed by atoms with van der Waals surface area (Å²) in [7, 11) is 0. The van der Waals surface area contributed by atoms with Crippen molar-refractivity contribution in [2.24, 2.45) is 5.41 Å². The Balaban J connectivity index is 2.59. The van der Waals surface area contributed by atoms with E-state index in [2.05, 4.69) is 0 Å². The van der Waals surface area contributed by atoms with Crippen LogP contribution >= 0.6 is 11.6 Å². The fourth-order valence-electron chi connectivity index (χ4n) is 1.76. The topological polar surface area (TPSA) is 17.1 Å². The molecule has 0 aromatic rings. The van der Waals surface area contributed by atoms with E-state index in [1.54, 1.807) is 0 Å². The highest BCUT2D eigenvalue weighted by Crippen LogP contribution is 2.36. The molecule has 1 nitrogen and oxygen atoms in total. The molecule has 1 aliphatic rings. The highest BCUT2D eigenvalue weighted by molar-refractivity contribution is 6.25. The molecule has 0 N–H and O–H groups in total. The summed E-state index contributed by atoms with van der Waals surface area (Å²) in [6.45, 7) is 2.05. The van der Waals surface area contributed by atoms with Crippen LogP contribution in [0.15, 0.2) is 11.6 Å². The fourth-order valence-corrected chi connectivity index (χ4v) is 1.85. The number of hydrogen-bond acceptors (Lipinski definition) is 1. The molecule has 0 aromatic heterocycles. The van der Waals surface area contributed by atoms with Crippen LogP contribution < -0.4 is 0 Å². The van der Waals surface area contributed by atoms with Crippen LogP contribution in [-0.2, 0) is 4.79 Å². The van der Waals surface area contributed by atoms with Gasteiger partial charge in [-0.2, -0.15) is 0 Å². The van der Waals surface area contributed by atoms with Gasteiger partial charge in [0.1, 0.15) is 5.78 Å². The van der Waals surface area contributed by atoms with Gasteiger partial charge in [-0.15, -0.1) is 0 Å². The number of carbonyl (C=O) groups is 1. The minimum Gasteiger partial charge on any atom is -0.299 e. The van der Waals surface area contributed by atoms with Crippen LogP contribution in [0.2, 0.25) is 0 Å². The second kappa shape index (κ2) is 4.08. The van der Waals surface area contributed by atoms with Gasteiger partial charge in [-0.05, 0) is 19.3 Å². The first-order chi connectivity index (χ1) is 5.69. The Bertz CT molecular complexity index is 198. The van der Waals surface area contributed by atoms with E-state index in [1.807, 2.05) is 13.0 Å². The molecule has 0 saturated heterocycles. The van der Waals surface area contributed by atoms with Crippen molar-refractivity contribution in [3.05, 3.63) is 11.6 Å². The first-order valence-electron chi connectivity index (χ1n) is 4.47. The molecule has 1 fully saturated rings. The van der Waals surface area contributed by atoms with Crippen molar-refractivity contribution in [2.45, 2.75) is 39.0 Å². The lowest BCUT2D eigenvalue weighted by atomic mass is 9.72. The van der Waals surface area contributed by atoms with E-state index in [4.69, 9.17) is 11.6 Å². The molecule has 0 radical (unpaired) electrons. The number of halogens is 1. The van der Waals surface area contributed by atoms with Crippen molar-refractivity contribution in [2.75, 3.05) is 0 Å². The Morgan fingerprint density at radius 1 is 1.58 bits per heavy atom. The molecule has 0 aromatic carbocycles. The third-order valence-corrected chi connectivity index (χ3v) is 2.89. The lowest BCUT2D eigenvalue weighted by Gasteiger charge is -2.30. The lowest BCUT2D eigenvalue weighted by molar-refractivity contribution is -0.130. The molecule has 1 atom stereocenters. The monoisotopic (exact) mass is 186 g/mol. The second-order valence-corrected chi connectivity index (χ2v) is 4.01. The number of Topliss-reactive ketones (excluding diaryl/α,β-unsaturated/α-hetero) is 1. The van der Waals surface area contributed by atoms with Crippen molar-refractivity contribution in [3.63, 3.8) is 0 Å². The third kappa shape index (κ3) is 2.10. The summed E-state index contributed by atoms with van der Waals surface area (Å²) in [4.78, 5) is 11.5. The number of rotatable bonds is 2. The molecule has 0 amide bonds. The van der Waals surface area contributed by atoms with Crippen LogP contribution in [0.25, 0.3) is 0 Å². The minimum atomic E-state index is -0.121. The van der Waals surface area contributed by atoms with Gasteiger partial charge in [-0.25, -0.2) is 0 Å². The molecule has 1 saturated carbocycles. The third-order valence-electron chi connectivity index (χ3n) is 2.71. The van der Waals surface area contributed by atoms with Gasteiger partial charge in [0.15, 0.2) is 0 Å². The van der Waals surface area contributed by atoms with Crippen molar-refractivity contribution in [3.8, 4) is 0 Å². The van der Waals surface area contributed by atoms with Gasteiger partial charge in [0.25, 0.3) is 0 Å². The molecular weight excluding hydrogens is 172 g/mol. The predicted molar refractivity (Wildman–Crippen MR) is 51.2 cm³/mol. The molecule has 1 unspecified atom stereocenters. The summed E-state index contributed by atoms with van der Waals surface area (Å²) >= 11 is 5.44. The number of ketones is 1. The number of hydrogen-bond donors (Lipinski definition) is 0. The van der Waals surface area contributed by atoms with Gasteiger partial charge >= 0.3 is 0 Å². The first kappa shape index (κ1) is 9.79. The van der Waals surface area contributed by atoms with Crippen LogP contribution in [0.5, 0.6) is 0 Å². The fraction of sp³-hybridized carbons (Fsp3) is 0.700. The van der Waals surface area contributed by atoms with Gasteiger partial charge in [0.05, 0.1) is 0 Å². The van der Waals surface area contributed by atoms with E-state index >= 15 is 0 Å². The molecule has 1 aliphatic carbocycles. The van der Waals surface area contributed by atoms with Crippen LogP contribution in [0.4, 0.5) is 0 Å². The second-order valence-electron chi connectivity index (χ2n) is 3.76. The Morgan fingerprint density at radius 2 is 2.33 bits per heavy atom.